The number of nitrogens with zero attached hydrogens (tertiary/aromatic N) is 4. The summed E-state index contributed by atoms with van der Waals surface area (Å²) in [6, 6.07) is 14.0. The minimum atomic E-state index is 0.532. The van der Waals surface area contributed by atoms with E-state index in [0.29, 0.717) is 5.15 Å². The largest absolute Gasteiger partial charge is 0.294 e. The Morgan fingerprint density at radius 2 is 1.88 bits per heavy atom. The molecule has 0 saturated carbocycles. The molecule has 3 aromatic rings. The van der Waals surface area contributed by atoms with Crippen molar-refractivity contribution in [2.45, 2.75) is 19.5 Å². The van der Waals surface area contributed by atoms with Crippen LogP contribution < -0.4 is 0 Å². The highest BCUT2D eigenvalue weighted by atomic mass is 35.5. The highest BCUT2D eigenvalue weighted by Gasteiger charge is 2.19. The molecule has 0 amide bonds. The predicted octanol–water partition coefficient (Wildman–Crippen LogP) is 3.75. The summed E-state index contributed by atoms with van der Waals surface area (Å²) in [5.74, 6) is 0.810. The Hall–Kier alpha value is -2.30. The van der Waals surface area contributed by atoms with E-state index in [1.807, 2.05) is 54.9 Å². The molecule has 0 unspecified atom stereocenters. The lowest BCUT2D eigenvalue weighted by atomic mass is 10.1. The molecule has 5 heteroatoms. The average Bonchev–Trinajstić information content (AvgIpc) is 2.64. The molecular formula is C19H17ClN4. The lowest BCUT2D eigenvalue weighted by Crippen LogP contribution is -2.31. The zero-order valence-electron chi connectivity index (χ0n) is 13.2. The number of aromatic nitrogens is 3. The zero-order valence-corrected chi connectivity index (χ0v) is 13.9. The first-order valence-corrected chi connectivity index (χ1v) is 8.39. The van der Waals surface area contributed by atoms with E-state index in [2.05, 4.69) is 14.9 Å². The van der Waals surface area contributed by atoms with Crippen molar-refractivity contribution in [1.29, 1.82) is 0 Å². The molecule has 0 atom stereocenters. The maximum atomic E-state index is 5.85. The molecule has 1 aromatic carbocycles. The smallest absolute Gasteiger partial charge is 0.159 e. The Morgan fingerprint density at radius 1 is 1.00 bits per heavy atom. The summed E-state index contributed by atoms with van der Waals surface area (Å²) in [6.45, 7) is 2.72. The maximum absolute atomic E-state index is 5.85. The van der Waals surface area contributed by atoms with Gasteiger partial charge in [0.05, 0.1) is 5.69 Å². The highest BCUT2D eigenvalue weighted by molar-refractivity contribution is 6.29. The van der Waals surface area contributed by atoms with Gasteiger partial charge in [0.15, 0.2) is 5.82 Å². The Labute approximate surface area is 146 Å². The van der Waals surface area contributed by atoms with Crippen LogP contribution in [0.3, 0.4) is 0 Å². The molecular weight excluding hydrogens is 320 g/mol. The lowest BCUT2D eigenvalue weighted by Gasteiger charge is -2.28. The number of hydrogen-bond donors (Lipinski definition) is 0. The van der Waals surface area contributed by atoms with Gasteiger partial charge in [-0.3, -0.25) is 4.90 Å². The van der Waals surface area contributed by atoms with Gasteiger partial charge in [-0.2, -0.15) is 0 Å². The Kier molecular flexibility index (Phi) is 4.24. The second-order valence-corrected chi connectivity index (χ2v) is 6.37. The van der Waals surface area contributed by atoms with E-state index in [1.165, 1.54) is 11.1 Å². The van der Waals surface area contributed by atoms with E-state index in [4.69, 9.17) is 16.6 Å². The molecule has 0 aliphatic carbocycles. The molecule has 0 saturated heterocycles. The monoisotopic (exact) mass is 336 g/mol. The molecule has 0 fully saturated rings. The van der Waals surface area contributed by atoms with Gasteiger partial charge in [-0.15, -0.1) is 0 Å². The molecule has 2 aromatic heterocycles. The average molecular weight is 337 g/mol. The summed E-state index contributed by atoms with van der Waals surface area (Å²) in [5.41, 5.74) is 4.61. The van der Waals surface area contributed by atoms with Crippen LogP contribution in [0.4, 0.5) is 0 Å². The summed E-state index contributed by atoms with van der Waals surface area (Å²) in [6.07, 6.45) is 4.75. The molecule has 0 N–H and O–H groups in total. The van der Waals surface area contributed by atoms with E-state index in [1.54, 1.807) is 0 Å². The standard InChI is InChI=1S/C19H17ClN4/c20-18-7-6-14(10-21-18)12-24-9-8-17-16(13-24)11-22-19(23-17)15-4-2-1-3-5-15/h1-7,10-11H,8-9,12-13H2. The predicted molar refractivity (Wildman–Crippen MR) is 94.5 cm³/mol. The van der Waals surface area contributed by atoms with Crippen LogP contribution in [0.2, 0.25) is 5.15 Å². The van der Waals surface area contributed by atoms with Crippen molar-refractivity contribution in [3.05, 3.63) is 76.8 Å². The summed E-state index contributed by atoms with van der Waals surface area (Å²) in [7, 11) is 0. The highest BCUT2D eigenvalue weighted by Crippen LogP contribution is 2.22. The van der Waals surface area contributed by atoms with E-state index < -0.39 is 0 Å². The summed E-state index contributed by atoms with van der Waals surface area (Å²) < 4.78 is 0. The van der Waals surface area contributed by atoms with Gasteiger partial charge in [0, 0.05) is 49.6 Å². The van der Waals surface area contributed by atoms with Crippen molar-refractivity contribution < 1.29 is 0 Å². The second-order valence-electron chi connectivity index (χ2n) is 5.98. The van der Waals surface area contributed by atoms with Gasteiger partial charge in [-0.1, -0.05) is 48.0 Å². The van der Waals surface area contributed by atoms with Gasteiger partial charge in [-0.05, 0) is 11.6 Å². The molecule has 24 heavy (non-hydrogen) atoms. The van der Waals surface area contributed by atoms with Gasteiger partial charge in [0.2, 0.25) is 0 Å². The number of fused-ring (bicyclic) bond motifs is 1. The van der Waals surface area contributed by atoms with Crippen molar-refractivity contribution in [2.75, 3.05) is 6.54 Å². The quantitative estimate of drug-likeness (QED) is 0.683. The maximum Gasteiger partial charge on any atom is 0.159 e. The van der Waals surface area contributed by atoms with E-state index in [-0.39, 0.29) is 0 Å². The van der Waals surface area contributed by atoms with Gasteiger partial charge in [0.25, 0.3) is 0 Å². The lowest BCUT2D eigenvalue weighted by molar-refractivity contribution is 0.242. The molecule has 0 bridgehead atoms. The van der Waals surface area contributed by atoms with Crippen LogP contribution in [0, 0.1) is 0 Å². The number of rotatable bonds is 3. The number of benzene rings is 1. The van der Waals surface area contributed by atoms with Crippen LogP contribution in [-0.2, 0) is 19.5 Å². The minimum absolute atomic E-state index is 0.532. The van der Waals surface area contributed by atoms with Crippen molar-refractivity contribution in [1.82, 2.24) is 19.9 Å². The van der Waals surface area contributed by atoms with E-state index >= 15 is 0 Å². The molecule has 4 nitrogen and oxygen atoms in total. The van der Waals surface area contributed by atoms with E-state index in [9.17, 15) is 0 Å². The van der Waals surface area contributed by atoms with Crippen LogP contribution in [0.25, 0.3) is 11.4 Å². The van der Waals surface area contributed by atoms with Crippen molar-refractivity contribution in [3.8, 4) is 11.4 Å². The fourth-order valence-electron chi connectivity index (χ4n) is 2.99. The fourth-order valence-corrected chi connectivity index (χ4v) is 3.11. The van der Waals surface area contributed by atoms with Crippen LogP contribution in [-0.4, -0.2) is 26.4 Å². The second kappa shape index (κ2) is 6.67. The molecule has 0 spiro atoms. The topological polar surface area (TPSA) is 41.9 Å². The fraction of sp³-hybridized carbons (Fsp3) is 0.211. The van der Waals surface area contributed by atoms with Crippen molar-refractivity contribution in [3.63, 3.8) is 0 Å². The number of hydrogen-bond acceptors (Lipinski definition) is 4. The first kappa shape index (κ1) is 15.2. The summed E-state index contributed by atoms with van der Waals surface area (Å²) in [4.78, 5) is 15.9. The van der Waals surface area contributed by atoms with Gasteiger partial charge in [0.1, 0.15) is 5.15 Å². The molecule has 3 heterocycles. The molecule has 1 aliphatic rings. The van der Waals surface area contributed by atoms with Crippen molar-refractivity contribution in [2.24, 2.45) is 0 Å². The Balaban J connectivity index is 1.50. The number of pyridine rings is 1. The molecule has 120 valence electrons. The first-order chi connectivity index (χ1) is 11.8. The van der Waals surface area contributed by atoms with Crippen LogP contribution >= 0.6 is 11.6 Å². The van der Waals surface area contributed by atoms with Gasteiger partial charge in [-0.25, -0.2) is 15.0 Å². The zero-order chi connectivity index (χ0) is 16.4. The third-order valence-electron chi connectivity index (χ3n) is 4.24. The Bertz CT molecular complexity index is 834. The van der Waals surface area contributed by atoms with Crippen LogP contribution in [0.5, 0.6) is 0 Å². The first-order valence-electron chi connectivity index (χ1n) is 8.01. The SMILES string of the molecule is Clc1ccc(CN2CCc3nc(-c4ccccc4)ncc3C2)cn1. The minimum Gasteiger partial charge on any atom is -0.294 e. The van der Waals surface area contributed by atoms with Gasteiger partial charge >= 0.3 is 0 Å². The Morgan fingerprint density at radius 3 is 2.67 bits per heavy atom. The summed E-state index contributed by atoms with van der Waals surface area (Å²) >= 11 is 5.85. The summed E-state index contributed by atoms with van der Waals surface area (Å²) in [5, 5.41) is 0.532. The molecule has 1 aliphatic heterocycles. The third kappa shape index (κ3) is 3.30. The van der Waals surface area contributed by atoms with Gasteiger partial charge < -0.3 is 0 Å². The van der Waals surface area contributed by atoms with Crippen LogP contribution in [0.1, 0.15) is 16.8 Å². The van der Waals surface area contributed by atoms with Crippen LogP contribution in [0.15, 0.2) is 54.9 Å². The molecule has 4 rings (SSSR count). The van der Waals surface area contributed by atoms with Crippen molar-refractivity contribution >= 4 is 11.6 Å². The normalized spacial score (nSPS) is 14.4. The third-order valence-corrected chi connectivity index (χ3v) is 4.46. The molecule has 0 radical (unpaired) electrons. The van der Waals surface area contributed by atoms with E-state index in [0.717, 1.165) is 43.1 Å². The number of halogens is 1.